The molecule has 1 rings (SSSR count). The van der Waals surface area contributed by atoms with Gasteiger partial charge in [-0.1, -0.05) is 18.5 Å². The van der Waals surface area contributed by atoms with Crippen LogP contribution in [0.25, 0.3) is 0 Å². The van der Waals surface area contributed by atoms with Crippen LogP contribution in [-0.4, -0.2) is 33.9 Å². The molecule has 0 bridgehead atoms. The zero-order chi connectivity index (χ0) is 13.0. The summed E-state index contributed by atoms with van der Waals surface area (Å²) < 4.78 is 1.58. The monoisotopic (exact) mass is 259 g/mol. The molecule has 1 aromatic rings. The summed E-state index contributed by atoms with van der Waals surface area (Å²) in [5.74, 6) is -0.0736. The lowest BCUT2D eigenvalue weighted by Crippen LogP contribution is -2.32. The number of aromatic nitrogens is 2. The van der Waals surface area contributed by atoms with Gasteiger partial charge in [-0.15, -0.1) is 0 Å². The maximum Gasteiger partial charge on any atom is 0.241 e. The molecule has 1 aromatic heterocycles. The number of hydrogen-bond donors (Lipinski definition) is 2. The number of nitrogens with zero attached hydrogens (tertiary/aromatic N) is 2. The maximum absolute atomic E-state index is 11.6. The van der Waals surface area contributed by atoms with E-state index in [0.717, 1.165) is 11.4 Å². The van der Waals surface area contributed by atoms with Crippen LogP contribution >= 0.6 is 11.6 Å². The Kier molecular flexibility index (Phi) is 4.96. The highest BCUT2D eigenvalue weighted by atomic mass is 35.5. The summed E-state index contributed by atoms with van der Waals surface area (Å²) in [6.07, 6.45) is 0. The number of hydrogen-bond acceptors (Lipinski definition) is 3. The summed E-state index contributed by atoms with van der Waals surface area (Å²) in [5, 5.41) is 16.3. The van der Waals surface area contributed by atoms with Crippen LogP contribution in [-0.2, 0) is 11.3 Å². The van der Waals surface area contributed by atoms with Crippen LogP contribution in [0.5, 0.6) is 0 Å². The topological polar surface area (TPSA) is 67.2 Å². The normalized spacial score (nSPS) is 12.5. The number of carbonyl (C=O) groups excluding carboxylic acids is 1. The Hall–Kier alpha value is -1.07. The summed E-state index contributed by atoms with van der Waals surface area (Å²) in [4.78, 5) is 11.6. The smallest absolute Gasteiger partial charge is 0.241 e. The highest BCUT2D eigenvalue weighted by Gasteiger charge is 2.12. The fourth-order valence-corrected chi connectivity index (χ4v) is 1.51. The lowest BCUT2D eigenvalue weighted by molar-refractivity contribution is -0.122. The second-order valence-electron chi connectivity index (χ2n) is 4.23. The molecule has 1 heterocycles. The number of aliphatic hydroxyl groups excluding tert-OH is 1. The molecule has 0 aliphatic rings. The van der Waals surface area contributed by atoms with E-state index in [1.54, 1.807) is 11.6 Å². The van der Waals surface area contributed by atoms with E-state index in [1.165, 1.54) is 0 Å². The first kappa shape index (κ1) is 14.0. The van der Waals surface area contributed by atoms with Crippen molar-refractivity contribution in [3.63, 3.8) is 0 Å². The van der Waals surface area contributed by atoms with E-state index in [2.05, 4.69) is 10.4 Å². The fraction of sp³-hybridized carbons (Fsp3) is 0.636. The third kappa shape index (κ3) is 3.71. The van der Waals surface area contributed by atoms with Crippen molar-refractivity contribution in [3.8, 4) is 0 Å². The number of carbonyl (C=O) groups is 1. The van der Waals surface area contributed by atoms with Gasteiger partial charge in [0.2, 0.25) is 5.91 Å². The molecule has 0 fully saturated rings. The third-order valence-electron chi connectivity index (χ3n) is 2.55. The van der Waals surface area contributed by atoms with Crippen molar-refractivity contribution in [3.05, 3.63) is 16.4 Å². The maximum atomic E-state index is 11.6. The molecule has 1 atom stereocenters. The van der Waals surface area contributed by atoms with E-state index in [0.29, 0.717) is 11.6 Å². The van der Waals surface area contributed by atoms with Gasteiger partial charge in [-0.3, -0.25) is 9.48 Å². The average molecular weight is 260 g/mol. The van der Waals surface area contributed by atoms with E-state index < -0.39 is 0 Å². The van der Waals surface area contributed by atoms with Gasteiger partial charge in [0, 0.05) is 13.2 Å². The lowest BCUT2D eigenvalue weighted by atomic mass is 10.2. The molecule has 6 heteroatoms. The van der Waals surface area contributed by atoms with E-state index in [9.17, 15) is 4.79 Å². The molecule has 5 nitrogen and oxygen atoms in total. The second kappa shape index (κ2) is 6.02. The molecule has 0 radical (unpaired) electrons. The predicted molar refractivity (Wildman–Crippen MR) is 66.0 cm³/mol. The summed E-state index contributed by atoms with van der Waals surface area (Å²) in [6, 6.07) is 0. The van der Waals surface area contributed by atoms with Gasteiger partial charge in [0.05, 0.1) is 16.4 Å². The number of rotatable bonds is 5. The highest BCUT2D eigenvalue weighted by Crippen LogP contribution is 2.18. The predicted octanol–water partition coefficient (Wildman–Crippen LogP) is 0.898. The van der Waals surface area contributed by atoms with Crippen LogP contribution in [0.3, 0.4) is 0 Å². The van der Waals surface area contributed by atoms with Gasteiger partial charge in [0.1, 0.15) is 6.54 Å². The minimum absolute atomic E-state index is 0.0583. The zero-order valence-corrected chi connectivity index (χ0v) is 11.1. The minimum Gasteiger partial charge on any atom is -0.396 e. The van der Waals surface area contributed by atoms with E-state index in [-0.39, 0.29) is 25.0 Å². The van der Waals surface area contributed by atoms with Crippen molar-refractivity contribution >= 4 is 17.5 Å². The molecule has 0 aliphatic heterocycles. The van der Waals surface area contributed by atoms with Crippen molar-refractivity contribution in [2.45, 2.75) is 27.3 Å². The Labute approximate surface area is 106 Å². The van der Waals surface area contributed by atoms with Crippen LogP contribution in [0.2, 0.25) is 5.02 Å². The van der Waals surface area contributed by atoms with E-state index >= 15 is 0 Å². The molecule has 0 saturated carbocycles. The zero-order valence-electron chi connectivity index (χ0n) is 10.3. The molecular formula is C11H18ClN3O2. The van der Waals surface area contributed by atoms with Gasteiger partial charge >= 0.3 is 0 Å². The van der Waals surface area contributed by atoms with Crippen molar-refractivity contribution in [2.75, 3.05) is 13.2 Å². The summed E-state index contributed by atoms with van der Waals surface area (Å²) >= 11 is 5.98. The standard InChI is InChI=1S/C11H18ClN3O2/c1-7(6-16)4-13-10(17)5-15-9(3)11(12)8(2)14-15/h7,16H,4-6H2,1-3H3,(H,13,17). The Morgan fingerprint density at radius 2 is 2.24 bits per heavy atom. The molecule has 17 heavy (non-hydrogen) atoms. The highest BCUT2D eigenvalue weighted by molar-refractivity contribution is 6.31. The van der Waals surface area contributed by atoms with Gasteiger partial charge in [0.25, 0.3) is 0 Å². The Morgan fingerprint density at radius 1 is 1.59 bits per heavy atom. The molecule has 0 spiro atoms. The molecule has 1 amide bonds. The quantitative estimate of drug-likeness (QED) is 0.826. The number of halogens is 1. The van der Waals surface area contributed by atoms with Gasteiger partial charge in [0.15, 0.2) is 0 Å². The number of amides is 1. The first-order valence-electron chi connectivity index (χ1n) is 5.52. The number of aryl methyl sites for hydroxylation is 1. The molecule has 0 saturated heterocycles. The van der Waals surface area contributed by atoms with Gasteiger partial charge in [-0.25, -0.2) is 0 Å². The summed E-state index contributed by atoms with van der Waals surface area (Å²) in [7, 11) is 0. The van der Waals surface area contributed by atoms with Crippen LogP contribution < -0.4 is 5.32 Å². The second-order valence-corrected chi connectivity index (χ2v) is 4.61. The van der Waals surface area contributed by atoms with Crippen LogP contribution in [0.15, 0.2) is 0 Å². The average Bonchev–Trinajstić information content (AvgIpc) is 2.54. The molecular weight excluding hydrogens is 242 g/mol. The molecule has 96 valence electrons. The van der Waals surface area contributed by atoms with Crippen LogP contribution in [0.1, 0.15) is 18.3 Å². The minimum atomic E-state index is -0.132. The van der Waals surface area contributed by atoms with Gasteiger partial charge in [-0.2, -0.15) is 5.10 Å². The summed E-state index contributed by atoms with van der Waals surface area (Å²) in [6.45, 7) is 6.16. The van der Waals surface area contributed by atoms with E-state index in [1.807, 2.05) is 13.8 Å². The van der Waals surface area contributed by atoms with Crippen molar-refractivity contribution in [1.82, 2.24) is 15.1 Å². The first-order chi connectivity index (χ1) is 7.95. The fourth-order valence-electron chi connectivity index (χ4n) is 1.37. The number of aliphatic hydroxyl groups is 1. The Balaban J connectivity index is 2.54. The molecule has 0 aromatic carbocycles. The first-order valence-corrected chi connectivity index (χ1v) is 5.90. The van der Waals surface area contributed by atoms with Crippen molar-refractivity contribution in [2.24, 2.45) is 5.92 Å². The number of nitrogens with one attached hydrogen (secondary N) is 1. The SMILES string of the molecule is Cc1nn(CC(=O)NCC(C)CO)c(C)c1Cl. The summed E-state index contributed by atoms with van der Waals surface area (Å²) in [5.41, 5.74) is 1.51. The van der Waals surface area contributed by atoms with Crippen molar-refractivity contribution < 1.29 is 9.90 Å². The van der Waals surface area contributed by atoms with Crippen molar-refractivity contribution in [1.29, 1.82) is 0 Å². The molecule has 1 unspecified atom stereocenters. The third-order valence-corrected chi connectivity index (χ3v) is 3.09. The molecule has 0 aliphatic carbocycles. The lowest BCUT2D eigenvalue weighted by Gasteiger charge is -2.10. The van der Waals surface area contributed by atoms with Gasteiger partial charge in [-0.05, 0) is 19.8 Å². The Morgan fingerprint density at radius 3 is 2.71 bits per heavy atom. The van der Waals surface area contributed by atoms with E-state index in [4.69, 9.17) is 16.7 Å². The Bertz CT molecular complexity index is 404. The molecule has 2 N–H and O–H groups in total. The van der Waals surface area contributed by atoms with Crippen LogP contribution in [0, 0.1) is 19.8 Å². The van der Waals surface area contributed by atoms with Gasteiger partial charge < -0.3 is 10.4 Å². The largest absolute Gasteiger partial charge is 0.396 e. The van der Waals surface area contributed by atoms with Crippen LogP contribution in [0.4, 0.5) is 0 Å².